The minimum atomic E-state index is -0.570. The van der Waals surface area contributed by atoms with Gasteiger partial charge >= 0.3 is 0 Å². The number of aryl methyl sites for hydroxylation is 1. The monoisotopic (exact) mass is 415 g/mol. The van der Waals surface area contributed by atoms with Crippen LogP contribution in [0.5, 0.6) is 0 Å². The molecular weight excluding hydrogens is 390 g/mol. The highest BCUT2D eigenvalue weighted by Crippen LogP contribution is 2.50. The number of pyridine rings is 1. The number of fused-ring (bicyclic) bond motifs is 2. The lowest BCUT2D eigenvalue weighted by Crippen LogP contribution is -2.32. The Morgan fingerprint density at radius 3 is 2.52 bits per heavy atom. The van der Waals surface area contributed by atoms with Gasteiger partial charge in [0.25, 0.3) is 5.91 Å². The lowest BCUT2D eigenvalue weighted by atomic mass is 9.75. The molecule has 2 aromatic heterocycles. The summed E-state index contributed by atoms with van der Waals surface area (Å²) in [5.74, 6) is 1.02. The Bertz CT molecular complexity index is 1190. The van der Waals surface area contributed by atoms with Gasteiger partial charge in [-0.25, -0.2) is 15.0 Å². The molecule has 31 heavy (non-hydrogen) atoms. The third kappa shape index (κ3) is 2.83. The standard InChI is InChI=1S/C24H25N5O2/c1-13-25-11-15(12-26-13)14-6-7-16-18(10-14)29(22(31)23(16,2)3)19-9-8-17-20(27-19)21(30)28-24(17,4)5/h6,8-12,16H,7H2,1-5H3,(H,28,30). The summed E-state index contributed by atoms with van der Waals surface area (Å²) in [4.78, 5) is 40.9. The van der Waals surface area contributed by atoms with Gasteiger partial charge in [0, 0.05) is 35.1 Å². The predicted molar refractivity (Wildman–Crippen MR) is 117 cm³/mol. The molecule has 0 saturated carbocycles. The van der Waals surface area contributed by atoms with Gasteiger partial charge in [0.05, 0.1) is 11.0 Å². The van der Waals surface area contributed by atoms with E-state index >= 15 is 0 Å². The first-order chi connectivity index (χ1) is 14.6. The van der Waals surface area contributed by atoms with Crippen molar-refractivity contribution in [3.05, 3.63) is 65.0 Å². The maximum atomic E-state index is 13.5. The topological polar surface area (TPSA) is 88.1 Å². The van der Waals surface area contributed by atoms with Crippen molar-refractivity contribution in [1.82, 2.24) is 20.3 Å². The Morgan fingerprint density at radius 1 is 1.10 bits per heavy atom. The van der Waals surface area contributed by atoms with Gasteiger partial charge in [-0.1, -0.05) is 26.0 Å². The van der Waals surface area contributed by atoms with Crippen LogP contribution >= 0.6 is 0 Å². The Morgan fingerprint density at radius 2 is 1.81 bits per heavy atom. The van der Waals surface area contributed by atoms with Crippen LogP contribution in [0.4, 0.5) is 5.82 Å². The highest BCUT2D eigenvalue weighted by molar-refractivity contribution is 6.05. The van der Waals surface area contributed by atoms with Gasteiger partial charge in [-0.2, -0.15) is 0 Å². The molecule has 1 saturated heterocycles. The molecule has 0 bridgehead atoms. The van der Waals surface area contributed by atoms with Crippen LogP contribution in [-0.2, 0) is 10.3 Å². The number of anilines is 1. The summed E-state index contributed by atoms with van der Waals surface area (Å²) in [5, 5.41) is 2.95. The molecule has 0 aromatic carbocycles. The van der Waals surface area contributed by atoms with E-state index in [0.717, 1.165) is 28.8 Å². The summed E-state index contributed by atoms with van der Waals surface area (Å²) in [7, 11) is 0. The first kappa shape index (κ1) is 19.6. The fourth-order valence-electron chi connectivity index (χ4n) is 4.76. The Hall–Kier alpha value is -3.35. The van der Waals surface area contributed by atoms with E-state index in [1.54, 1.807) is 17.3 Å². The maximum Gasteiger partial charge on any atom is 0.271 e. The number of carbonyl (C=O) groups is 2. The largest absolute Gasteiger partial charge is 0.342 e. The van der Waals surface area contributed by atoms with Gasteiger partial charge in [0.15, 0.2) is 0 Å². The zero-order valence-corrected chi connectivity index (χ0v) is 18.4. The van der Waals surface area contributed by atoms with E-state index in [9.17, 15) is 9.59 Å². The van der Waals surface area contributed by atoms with Crippen LogP contribution < -0.4 is 10.2 Å². The van der Waals surface area contributed by atoms with Gasteiger partial charge < -0.3 is 5.32 Å². The van der Waals surface area contributed by atoms with E-state index in [1.807, 2.05) is 52.8 Å². The number of aromatic nitrogens is 3. The van der Waals surface area contributed by atoms with Gasteiger partial charge in [-0.05, 0) is 44.9 Å². The Labute approximate surface area is 181 Å². The average Bonchev–Trinajstić information content (AvgIpc) is 3.08. The fraction of sp³-hybridized carbons (Fsp3) is 0.375. The van der Waals surface area contributed by atoms with Gasteiger partial charge in [-0.3, -0.25) is 14.5 Å². The van der Waals surface area contributed by atoms with Crippen molar-refractivity contribution in [3.8, 4) is 0 Å². The second kappa shape index (κ2) is 6.33. The summed E-state index contributed by atoms with van der Waals surface area (Å²) in [5.41, 5.74) is 2.99. The van der Waals surface area contributed by atoms with Crippen LogP contribution in [0.2, 0.25) is 0 Å². The number of amides is 2. The van der Waals surface area contributed by atoms with Crippen molar-refractivity contribution in [2.75, 3.05) is 4.90 Å². The summed E-state index contributed by atoms with van der Waals surface area (Å²) in [6.45, 7) is 9.70. The molecule has 1 fully saturated rings. The highest BCUT2D eigenvalue weighted by atomic mass is 16.2. The van der Waals surface area contributed by atoms with Crippen LogP contribution in [0.15, 0.2) is 42.4 Å². The number of allylic oxidation sites excluding steroid dienone is 4. The second-order valence-electron chi connectivity index (χ2n) is 9.54. The first-order valence-corrected chi connectivity index (χ1v) is 10.5. The van der Waals surface area contributed by atoms with E-state index in [2.05, 4.69) is 26.3 Å². The lowest BCUT2D eigenvalue weighted by Gasteiger charge is -2.26. The van der Waals surface area contributed by atoms with Crippen LogP contribution in [0.3, 0.4) is 0 Å². The molecule has 0 radical (unpaired) electrons. The number of nitrogens with zero attached hydrogens (tertiary/aromatic N) is 4. The SMILES string of the molecule is Cc1ncc(C2=CCC3C(=C2)N(c2ccc4c(n2)C(=O)NC4(C)C)C(=O)C3(C)C)cn1. The summed E-state index contributed by atoms with van der Waals surface area (Å²) < 4.78 is 0. The van der Waals surface area contributed by atoms with E-state index in [1.165, 1.54) is 0 Å². The molecule has 1 aliphatic carbocycles. The molecule has 4 heterocycles. The van der Waals surface area contributed by atoms with Crippen molar-refractivity contribution < 1.29 is 9.59 Å². The molecule has 0 spiro atoms. The molecule has 158 valence electrons. The molecule has 5 rings (SSSR count). The third-order valence-corrected chi connectivity index (χ3v) is 6.66. The normalized spacial score (nSPS) is 23.1. The molecule has 2 aliphatic heterocycles. The predicted octanol–water partition coefficient (Wildman–Crippen LogP) is 3.52. The van der Waals surface area contributed by atoms with Gasteiger partial charge in [0.1, 0.15) is 17.3 Å². The quantitative estimate of drug-likeness (QED) is 0.811. The molecule has 2 amide bonds. The number of carbonyl (C=O) groups excluding carboxylic acids is 2. The Balaban J connectivity index is 1.61. The number of hydrogen-bond acceptors (Lipinski definition) is 5. The Kier molecular flexibility index (Phi) is 4.00. The molecule has 1 atom stereocenters. The summed E-state index contributed by atoms with van der Waals surface area (Å²) >= 11 is 0. The molecule has 7 nitrogen and oxygen atoms in total. The lowest BCUT2D eigenvalue weighted by molar-refractivity contribution is -0.125. The minimum Gasteiger partial charge on any atom is -0.342 e. The van der Waals surface area contributed by atoms with Crippen molar-refractivity contribution in [1.29, 1.82) is 0 Å². The number of rotatable bonds is 2. The molecular formula is C24H25N5O2. The highest BCUT2D eigenvalue weighted by Gasteiger charge is 2.52. The van der Waals surface area contributed by atoms with Crippen LogP contribution in [0.25, 0.3) is 5.57 Å². The van der Waals surface area contributed by atoms with Crippen molar-refractivity contribution >= 4 is 23.2 Å². The second-order valence-corrected chi connectivity index (χ2v) is 9.54. The zero-order chi connectivity index (χ0) is 22.1. The first-order valence-electron chi connectivity index (χ1n) is 10.5. The van der Waals surface area contributed by atoms with Crippen molar-refractivity contribution in [2.24, 2.45) is 11.3 Å². The molecule has 1 N–H and O–H groups in total. The number of nitrogens with one attached hydrogen (secondary N) is 1. The molecule has 2 aromatic rings. The smallest absolute Gasteiger partial charge is 0.271 e. The summed E-state index contributed by atoms with van der Waals surface area (Å²) in [6.07, 6.45) is 8.53. The average molecular weight is 415 g/mol. The minimum absolute atomic E-state index is 0.0105. The van der Waals surface area contributed by atoms with E-state index < -0.39 is 11.0 Å². The van der Waals surface area contributed by atoms with Gasteiger partial charge in [-0.15, -0.1) is 0 Å². The van der Waals surface area contributed by atoms with Crippen LogP contribution in [-0.4, -0.2) is 26.8 Å². The molecule has 3 aliphatic rings. The van der Waals surface area contributed by atoms with Crippen molar-refractivity contribution in [2.45, 2.75) is 46.6 Å². The third-order valence-electron chi connectivity index (χ3n) is 6.66. The number of hydrogen-bond donors (Lipinski definition) is 1. The van der Waals surface area contributed by atoms with E-state index in [4.69, 9.17) is 0 Å². The zero-order valence-electron chi connectivity index (χ0n) is 18.4. The molecule has 1 unspecified atom stereocenters. The summed E-state index contributed by atoms with van der Waals surface area (Å²) in [6, 6.07) is 3.74. The van der Waals surface area contributed by atoms with Crippen LogP contribution in [0.1, 0.15) is 61.6 Å². The van der Waals surface area contributed by atoms with Crippen LogP contribution in [0, 0.1) is 18.3 Å². The van der Waals surface area contributed by atoms with E-state index in [-0.39, 0.29) is 17.7 Å². The van der Waals surface area contributed by atoms with Crippen molar-refractivity contribution in [3.63, 3.8) is 0 Å². The molecule has 7 heteroatoms. The van der Waals surface area contributed by atoms with E-state index in [0.29, 0.717) is 17.3 Å². The van der Waals surface area contributed by atoms with Gasteiger partial charge in [0.2, 0.25) is 5.91 Å². The fourth-order valence-corrected chi connectivity index (χ4v) is 4.76. The maximum absolute atomic E-state index is 13.5.